The number of rotatable bonds is 11. The van der Waals surface area contributed by atoms with Crippen LogP contribution in [0.25, 0.3) is 0 Å². The number of hydrogen-bond donors (Lipinski definition) is 4. The van der Waals surface area contributed by atoms with E-state index in [0.29, 0.717) is 18.4 Å². The van der Waals surface area contributed by atoms with Crippen LogP contribution in [0.15, 0.2) is 30.3 Å². The van der Waals surface area contributed by atoms with Gasteiger partial charge in [-0.1, -0.05) is 43.7 Å². The fourth-order valence-electron chi connectivity index (χ4n) is 4.75. The Bertz CT molecular complexity index is 958. The Balaban J connectivity index is 1.54. The Morgan fingerprint density at radius 3 is 2.43 bits per heavy atom. The summed E-state index contributed by atoms with van der Waals surface area (Å²) in [6.07, 6.45) is 1.47. The van der Waals surface area contributed by atoms with E-state index in [4.69, 9.17) is 0 Å². The van der Waals surface area contributed by atoms with Gasteiger partial charge in [-0.3, -0.25) is 24.1 Å². The van der Waals surface area contributed by atoms with Gasteiger partial charge in [-0.05, 0) is 50.3 Å². The van der Waals surface area contributed by atoms with E-state index in [-0.39, 0.29) is 21.8 Å². The molecule has 4 atom stereocenters. The molecule has 0 aromatic heterocycles. The third-order valence-electron chi connectivity index (χ3n) is 6.69. The van der Waals surface area contributed by atoms with E-state index in [0.717, 1.165) is 24.5 Å². The van der Waals surface area contributed by atoms with Crippen molar-refractivity contribution in [3.63, 3.8) is 0 Å². The zero-order chi connectivity index (χ0) is 27.0. The molecule has 2 aliphatic rings. The molecule has 3 amide bonds. The highest BCUT2D eigenvalue weighted by molar-refractivity contribution is 8.18. The molecule has 2 heterocycles. The number of likely N-dealkylation sites (tertiary alicyclic amines) is 1. The number of carbonyl (C=O) groups excluding carboxylic acids is 4. The number of carbonyl (C=O) groups is 4. The van der Waals surface area contributed by atoms with Gasteiger partial charge in [0.05, 0.1) is 22.7 Å². The maximum atomic E-state index is 13.2. The van der Waals surface area contributed by atoms with Gasteiger partial charge in [-0.25, -0.2) is 0 Å². The van der Waals surface area contributed by atoms with Gasteiger partial charge in [0.25, 0.3) is 5.91 Å². The first-order valence-corrected chi connectivity index (χ1v) is 14.7. The fourth-order valence-corrected chi connectivity index (χ4v) is 8.23. The lowest BCUT2D eigenvalue weighted by Crippen LogP contribution is -2.54. The summed E-state index contributed by atoms with van der Waals surface area (Å²) < 4.78 is 0.0239. The van der Waals surface area contributed by atoms with Crippen molar-refractivity contribution in [2.24, 2.45) is 0 Å². The number of ketones is 1. The maximum Gasteiger partial charge on any atom is 0.251 e. The van der Waals surface area contributed by atoms with Crippen molar-refractivity contribution in [2.75, 3.05) is 31.6 Å². The summed E-state index contributed by atoms with van der Waals surface area (Å²) in [5.74, 6) is 0.461. The minimum Gasteiger partial charge on any atom is -0.381 e. The molecule has 0 aliphatic carbocycles. The molecule has 37 heavy (non-hydrogen) atoms. The average Bonchev–Trinajstić information content (AvgIpc) is 3.20. The second-order valence-corrected chi connectivity index (χ2v) is 12.9. The predicted molar refractivity (Wildman–Crippen MR) is 147 cm³/mol. The highest BCUT2D eigenvalue weighted by Crippen LogP contribution is 2.49. The minimum atomic E-state index is -1.51. The molecule has 1 spiro atoms. The van der Waals surface area contributed by atoms with Gasteiger partial charge in [-0.2, -0.15) is 0 Å². The van der Waals surface area contributed by atoms with Crippen molar-refractivity contribution >= 4 is 47.0 Å². The smallest absolute Gasteiger partial charge is 0.251 e. The number of likely N-dealkylation sites (N-methyl/N-ethyl adjacent to an activating group) is 1. The molecule has 1 aromatic rings. The molecule has 2 saturated heterocycles. The molecule has 4 N–H and O–H groups in total. The molecule has 2 unspecified atom stereocenters. The number of nitrogens with zero attached hydrogens (tertiary/aromatic N) is 1. The summed E-state index contributed by atoms with van der Waals surface area (Å²) in [7, 11) is 1.94. The van der Waals surface area contributed by atoms with Gasteiger partial charge in [0.1, 0.15) is 6.04 Å². The van der Waals surface area contributed by atoms with Crippen LogP contribution in [-0.4, -0.2) is 87.4 Å². The van der Waals surface area contributed by atoms with Gasteiger partial charge in [0.15, 0.2) is 11.9 Å². The first-order chi connectivity index (χ1) is 17.7. The number of aliphatic hydroxyl groups is 1. The maximum absolute atomic E-state index is 13.2. The van der Waals surface area contributed by atoms with E-state index >= 15 is 0 Å². The number of nitrogens with one attached hydrogen (secondary N) is 3. The quantitative estimate of drug-likeness (QED) is 0.326. The Morgan fingerprint density at radius 2 is 1.81 bits per heavy atom. The molecular formula is C26H38N4O5S2. The molecule has 1 aromatic carbocycles. The number of benzene rings is 1. The molecule has 2 aliphatic heterocycles. The zero-order valence-corrected chi connectivity index (χ0v) is 23.3. The van der Waals surface area contributed by atoms with E-state index in [1.54, 1.807) is 24.3 Å². The van der Waals surface area contributed by atoms with Crippen molar-refractivity contribution in [1.29, 1.82) is 0 Å². The van der Waals surface area contributed by atoms with Crippen LogP contribution in [-0.2, 0) is 19.2 Å². The van der Waals surface area contributed by atoms with Gasteiger partial charge in [0, 0.05) is 6.54 Å². The van der Waals surface area contributed by atoms with E-state index < -0.39 is 36.5 Å². The van der Waals surface area contributed by atoms with Gasteiger partial charge in [0.2, 0.25) is 11.8 Å². The summed E-state index contributed by atoms with van der Waals surface area (Å²) >= 11 is 3.84. The molecular weight excluding hydrogens is 512 g/mol. The number of hydrogen-bond acceptors (Lipinski definition) is 8. The SMILES string of the molecule is CCCC(NC(=O)[C@@H]1CC2(CN1C)SCCCS2)C(O)C(=O)NCC(=O)N[C@H](C(C)=O)c1ccccc1. The number of amides is 3. The van der Waals surface area contributed by atoms with Crippen LogP contribution in [0, 0.1) is 0 Å². The normalized spacial score (nSPS) is 21.6. The van der Waals surface area contributed by atoms with Crippen molar-refractivity contribution in [2.45, 2.75) is 67.8 Å². The van der Waals surface area contributed by atoms with Crippen LogP contribution in [0.4, 0.5) is 0 Å². The van der Waals surface area contributed by atoms with Crippen LogP contribution >= 0.6 is 23.5 Å². The van der Waals surface area contributed by atoms with Gasteiger partial charge >= 0.3 is 0 Å². The Hall–Kier alpha value is -2.08. The van der Waals surface area contributed by atoms with Crippen molar-refractivity contribution in [1.82, 2.24) is 20.9 Å². The van der Waals surface area contributed by atoms with Crippen LogP contribution in [0.3, 0.4) is 0 Å². The number of thioether (sulfide) groups is 2. The van der Waals surface area contributed by atoms with E-state index in [1.165, 1.54) is 13.3 Å². The molecule has 11 heteroatoms. The zero-order valence-electron chi connectivity index (χ0n) is 21.7. The van der Waals surface area contributed by atoms with E-state index in [1.807, 2.05) is 43.6 Å². The van der Waals surface area contributed by atoms with Crippen LogP contribution in [0.1, 0.15) is 51.1 Å². The lowest BCUT2D eigenvalue weighted by molar-refractivity contribution is -0.135. The second-order valence-electron chi connectivity index (χ2n) is 9.68. The molecule has 9 nitrogen and oxygen atoms in total. The summed E-state index contributed by atoms with van der Waals surface area (Å²) in [6.45, 7) is 3.71. The summed E-state index contributed by atoms with van der Waals surface area (Å²) in [6, 6.07) is 6.92. The lowest BCUT2D eigenvalue weighted by Gasteiger charge is -2.31. The Morgan fingerprint density at radius 1 is 1.14 bits per heavy atom. The summed E-state index contributed by atoms with van der Waals surface area (Å²) in [5.41, 5.74) is 0.643. The molecule has 0 bridgehead atoms. The highest BCUT2D eigenvalue weighted by atomic mass is 32.2. The topological polar surface area (TPSA) is 128 Å². The first kappa shape index (κ1) is 29.5. The molecule has 2 fully saturated rings. The highest BCUT2D eigenvalue weighted by Gasteiger charge is 2.47. The van der Waals surface area contributed by atoms with E-state index in [2.05, 4.69) is 20.9 Å². The number of Topliss-reactive ketones (excluding diaryl/α,β-unsaturated/α-hetero) is 1. The van der Waals surface area contributed by atoms with Crippen molar-refractivity contribution < 1.29 is 24.3 Å². The number of aliphatic hydroxyl groups excluding tert-OH is 1. The third-order valence-corrected chi connectivity index (χ3v) is 10.0. The second kappa shape index (κ2) is 13.6. The minimum absolute atomic E-state index is 0.0239. The third kappa shape index (κ3) is 7.95. The van der Waals surface area contributed by atoms with Crippen LogP contribution in [0.5, 0.6) is 0 Å². The predicted octanol–water partition coefficient (Wildman–Crippen LogP) is 1.47. The standard InChI is InChI=1S/C26H38N4O5S2/c1-4-9-19(28-24(34)20-14-26(16-30(20)3)36-12-8-13-37-26)23(33)25(35)27-15-21(32)29-22(17(2)31)18-10-6-5-7-11-18/h5-7,10-11,19-20,22-23,33H,4,8-9,12-16H2,1-3H3,(H,27,35)(H,28,34)(H,29,32)/t19?,20-,22+,23?/m0/s1. The summed E-state index contributed by atoms with van der Waals surface area (Å²) in [5, 5.41) is 18.7. The Labute approximate surface area is 227 Å². The van der Waals surface area contributed by atoms with Gasteiger partial charge < -0.3 is 21.1 Å². The fraction of sp³-hybridized carbons (Fsp3) is 0.615. The molecule has 204 valence electrons. The van der Waals surface area contributed by atoms with Crippen molar-refractivity contribution in [3.8, 4) is 0 Å². The average molecular weight is 551 g/mol. The monoisotopic (exact) mass is 550 g/mol. The largest absolute Gasteiger partial charge is 0.381 e. The van der Waals surface area contributed by atoms with Crippen LogP contribution < -0.4 is 16.0 Å². The lowest BCUT2D eigenvalue weighted by atomic mass is 10.0. The molecule has 3 rings (SSSR count). The first-order valence-electron chi connectivity index (χ1n) is 12.7. The van der Waals surface area contributed by atoms with Gasteiger partial charge in [-0.15, -0.1) is 23.5 Å². The Kier molecular flexibility index (Phi) is 10.9. The van der Waals surface area contributed by atoms with Crippen molar-refractivity contribution in [3.05, 3.63) is 35.9 Å². The summed E-state index contributed by atoms with van der Waals surface area (Å²) in [4.78, 5) is 52.4. The molecule has 0 radical (unpaired) electrons. The van der Waals surface area contributed by atoms with E-state index in [9.17, 15) is 24.3 Å². The molecule has 0 saturated carbocycles. The van der Waals surface area contributed by atoms with Crippen LogP contribution in [0.2, 0.25) is 0 Å².